The molecule has 0 aliphatic carbocycles. The Balaban J connectivity index is 0.973. The van der Waals surface area contributed by atoms with Crippen molar-refractivity contribution in [2.45, 2.75) is 55.8 Å². The third-order valence-corrected chi connectivity index (χ3v) is 10.7. The van der Waals surface area contributed by atoms with E-state index < -0.39 is 30.2 Å². The molecule has 0 bridgehead atoms. The van der Waals surface area contributed by atoms with Crippen LogP contribution in [0, 0.1) is 0 Å². The molecule has 0 spiro atoms. The molecule has 2 saturated heterocycles. The molecular weight excluding hydrogens is 743 g/mol. The Morgan fingerprint density at radius 2 is 1.44 bits per heavy atom. The van der Waals surface area contributed by atoms with Gasteiger partial charge in [0, 0.05) is 28.9 Å². The van der Waals surface area contributed by atoms with Crippen LogP contribution in [0.5, 0.6) is 0 Å². The number of aliphatic hydroxyl groups is 1. The molecule has 2 fully saturated rings. The quantitative estimate of drug-likeness (QED) is 0.0919. The van der Waals surface area contributed by atoms with Crippen LogP contribution in [0.25, 0.3) is 22.6 Å². The number of aliphatic hydroxyl groups excluding tert-OH is 1. The summed E-state index contributed by atoms with van der Waals surface area (Å²) in [5.41, 5.74) is 6.24. The zero-order chi connectivity index (χ0) is 39.1. The van der Waals surface area contributed by atoms with Gasteiger partial charge in [0.25, 0.3) is 11.1 Å². The fourth-order valence-electron chi connectivity index (χ4n) is 6.83. The van der Waals surface area contributed by atoms with Gasteiger partial charge in [0.1, 0.15) is 18.3 Å². The second-order valence-corrected chi connectivity index (χ2v) is 14.6. The molecule has 0 radical (unpaired) electrons. The number of rotatable bonds is 12. The predicted molar refractivity (Wildman–Crippen MR) is 214 cm³/mol. The molecule has 8 rings (SSSR count). The van der Waals surface area contributed by atoms with Crippen molar-refractivity contribution < 1.29 is 38.1 Å². The first-order chi connectivity index (χ1) is 27.9. The molecule has 1 aromatic heterocycles. The molecule has 4 atom stereocenters. The molecule has 57 heavy (non-hydrogen) atoms. The Morgan fingerprint density at radius 3 is 2.12 bits per heavy atom. The molecule has 12 heteroatoms. The minimum atomic E-state index is -1.04. The second-order valence-electron chi connectivity index (χ2n) is 13.7. The van der Waals surface area contributed by atoms with Gasteiger partial charge in [-0.25, -0.2) is 14.7 Å². The standard InChI is InChI=1S/C45H39N3O8S/c49-26-29-16-18-31(19-17-29)38-24-36(28-57-45-47-40(32-12-6-2-7-13-32)41(56-45)33-14-8-3-9-15-33)54-43(55-38)34-20-22-35(23-21-34)48-39(50)25-37(42(48)51)46-44(52)53-27-30-10-4-1-5-11-30/h1-23,36-38,43,49H,24-28H2,(H,46,52). The number of nitrogens with one attached hydrogen (secondary N) is 1. The molecule has 2 aliphatic heterocycles. The highest BCUT2D eigenvalue weighted by atomic mass is 32.2. The molecule has 5 aromatic carbocycles. The van der Waals surface area contributed by atoms with E-state index in [4.69, 9.17) is 23.6 Å². The normalized spacial score (nSPS) is 19.4. The molecule has 0 saturated carbocycles. The van der Waals surface area contributed by atoms with E-state index in [-0.39, 0.29) is 31.8 Å². The minimum Gasteiger partial charge on any atom is -0.445 e. The van der Waals surface area contributed by atoms with Crippen LogP contribution < -0.4 is 10.2 Å². The zero-order valence-electron chi connectivity index (χ0n) is 30.7. The Kier molecular flexibility index (Phi) is 11.6. The SMILES string of the molecule is O=C(NC1CC(=O)N(c2ccc(C3OC(CSc4nc(-c5ccccc5)c(-c5ccccc5)o4)CC(c4ccc(CO)cc4)O3)cc2)C1=O)OCc1ccccc1. The molecular formula is C45H39N3O8S. The van der Waals surface area contributed by atoms with Gasteiger partial charge >= 0.3 is 6.09 Å². The number of hydrogen-bond donors (Lipinski definition) is 2. The lowest BCUT2D eigenvalue weighted by molar-refractivity contribution is -0.245. The Hall–Kier alpha value is -6.05. The number of hydrogen-bond acceptors (Lipinski definition) is 10. The maximum atomic E-state index is 13.3. The summed E-state index contributed by atoms with van der Waals surface area (Å²) in [6, 6.07) is 42.5. The summed E-state index contributed by atoms with van der Waals surface area (Å²) < 4.78 is 24.7. The molecule has 3 amide bonds. The summed E-state index contributed by atoms with van der Waals surface area (Å²) in [5.74, 6) is 0.227. The number of oxazole rings is 1. The lowest BCUT2D eigenvalue weighted by atomic mass is 10.0. The largest absolute Gasteiger partial charge is 0.445 e. The van der Waals surface area contributed by atoms with Crippen LogP contribution in [-0.4, -0.2) is 45.9 Å². The second kappa shape index (κ2) is 17.4. The van der Waals surface area contributed by atoms with Crippen molar-refractivity contribution in [1.82, 2.24) is 10.3 Å². The summed E-state index contributed by atoms with van der Waals surface area (Å²) in [6.45, 7) is -0.0249. The smallest absolute Gasteiger partial charge is 0.408 e. The summed E-state index contributed by atoms with van der Waals surface area (Å²) >= 11 is 1.47. The third kappa shape index (κ3) is 8.84. The average Bonchev–Trinajstić information content (AvgIpc) is 3.82. The van der Waals surface area contributed by atoms with E-state index in [0.29, 0.717) is 34.4 Å². The zero-order valence-corrected chi connectivity index (χ0v) is 31.5. The molecule has 4 unspecified atom stereocenters. The fourth-order valence-corrected chi connectivity index (χ4v) is 7.67. The number of anilines is 1. The Labute approximate surface area is 333 Å². The van der Waals surface area contributed by atoms with Crippen LogP contribution >= 0.6 is 11.8 Å². The molecule has 2 aliphatic rings. The number of nitrogens with zero attached hydrogens (tertiary/aromatic N) is 2. The van der Waals surface area contributed by atoms with Crippen molar-refractivity contribution in [3.05, 3.63) is 162 Å². The third-order valence-electron chi connectivity index (χ3n) is 9.77. The number of carbonyl (C=O) groups is 3. The first kappa shape index (κ1) is 37.9. The van der Waals surface area contributed by atoms with Crippen molar-refractivity contribution in [2.24, 2.45) is 0 Å². The first-order valence-electron chi connectivity index (χ1n) is 18.6. The Bertz CT molecular complexity index is 2250. The van der Waals surface area contributed by atoms with Gasteiger partial charge < -0.3 is 29.1 Å². The van der Waals surface area contributed by atoms with Crippen LogP contribution in [0.15, 0.2) is 149 Å². The summed E-state index contributed by atoms with van der Waals surface area (Å²) in [7, 11) is 0. The number of imide groups is 1. The lowest BCUT2D eigenvalue weighted by Crippen LogP contribution is -2.42. The van der Waals surface area contributed by atoms with Crippen LogP contribution in [-0.2, 0) is 37.0 Å². The van der Waals surface area contributed by atoms with Crippen molar-refractivity contribution in [1.29, 1.82) is 0 Å². The van der Waals surface area contributed by atoms with Gasteiger partial charge in [-0.3, -0.25) is 9.59 Å². The number of aromatic nitrogens is 1. The van der Waals surface area contributed by atoms with Gasteiger partial charge in [0.15, 0.2) is 12.1 Å². The van der Waals surface area contributed by atoms with Gasteiger partial charge in [0.2, 0.25) is 5.91 Å². The first-order valence-corrected chi connectivity index (χ1v) is 19.6. The minimum absolute atomic E-state index is 0.0382. The summed E-state index contributed by atoms with van der Waals surface area (Å²) in [4.78, 5) is 44.8. The van der Waals surface area contributed by atoms with E-state index in [2.05, 4.69) is 5.32 Å². The van der Waals surface area contributed by atoms with Crippen LogP contribution in [0.2, 0.25) is 0 Å². The van der Waals surface area contributed by atoms with Gasteiger partial charge in [0.05, 0.1) is 30.9 Å². The van der Waals surface area contributed by atoms with Crippen LogP contribution in [0.1, 0.15) is 47.5 Å². The van der Waals surface area contributed by atoms with Crippen molar-refractivity contribution in [3.63, 3.8) is 0 Å². The number of thioether (sulfide) groups is 1. The highest BCUT2D eigenvalue weighted by Crippen LogP contribution is 2.41. The average molecular weight is 782 g/mol. The monoisotopic (exact) mass is 781 g/mol. The van der Waals surface area contributed by atoms with Gasteiger partial charge in [-0.1, -0.05) is 139 Å². The summed E-state index contributed by atoms with van der Waals surface area (Å²) in [5, 5.41) is 12.7. The van der Waals surface area contributed by atoms with E-state index in [1.54, 1.807) is 24.3 Å². The molecule has 11 nitrogen and oxygen atoms in total. The lowest BCUT2D eigenvalue weighted by Gasteiger charge is -2.36. The molecule has 3 heterocycles. The highest BCUT2D eigenvalue weighted by Gasteiger charge is 2.41. The molecule has 288 valence electrons. The van der Waals surface area contributed by atoms with Crippen molar-refractivity contribution in [3.8, 4) is 22.6 Å². The van der Waals surface area contributed by atoms with E-state index in [1.807, 2.05) is 115 Å². The van der Waals surface area contributed by atoms with Crippen LogP contribution in [0.3, 0.4) is 0 Å². The molecule has 6 aromatic rings. The number of benzene rings is 5. The Morgan fingerprint density at radius 1 is 0.789 bits per heavy atom. The van der Waals surface area contributed by atoms with Crippen LogP contribution in [0.4, 0.5) is 10.5 Å². The maximum absolute atomic E-state index is 13.3. The maximum Gasteiger partial charge on any atom is 0.408 e. The van der Waals surface area contributed by atoms with E-state index in [9.17, 15) is 19.5 Å². The van der Waals surface area contributed by atoms with Gasteiger partial charge in [-0.2, -0.15) is 0 Å². The van der Waals surface area contributed by atoms with Gasteiger partial charge in [-0.15, -0.1) is 0 Å². The highest BCUT2D eigenvalue weighted by molar-refractivity contribution is 7.99. The summed E-state index contributed by atoms with van der Waals surface area (Å²) in [6.07, 6.45) is -1.80. The van der Waals surface area contributed by atoms with Gasteiger partial charge in [-0.05, 0) is 28.8 Å². The molecule has 2 N–H and O–H groups in total. The number of carbonyl (C=O) groups excluding carboxylic acids is 3. The number of ether oxygens (including phenoxy) is 3. The number of alkyl carbamates (subject to hydrolysis) is 1. The van der Waals surface area contributed by atoms with E-state index >= 15 is 0 Å². The predicted octanol–water partition coefficient (Wildman–Crippen LogP) is 8.40. The van der Waals surface area contributed by atoms with Crippen molar-refractivity contribution in [2.75, 3.05) is 10.7 Å². The van der Waals surface area contributed by atoms with E-state index in [1.165, 1.54) is 11.8 Å². The number of amides is 3. The van der Waals surface area contributed by atoms with E-state index in [0.717, 1.165) is 38.4 Å². The van der Waals surface area contributed by atoms with Crippen molar-refractivity contribution >= 4 is 35.4 Å². The topological polar surface area (TPSA) is 140 Å². The fraction of sp³-hybridized carbons (Fsp3) is 0.200.